The molecule has 2 rings (SSSR count). The summed E-state index contributed by atoms with van der Waals surface area (Å²) in [5.41, 5.74) is 3.17. The van der Waals surface area contributed by atoms with E-state index in [-0.39, 0.29) is 6.10 Å². The van der Waals surface area contributed by atoms with E-state index in [4.69, 9.17) is 27.9 Å². The van der Waals surface area contributed by atoms with Gasteiger partial charge in [-0.3, -0.25) is 0 Å². The molecule has 0 amide bonds. The van der Waals surface area contributed by atoms with Crippen LogP contribution in [0.3, 0.4) is 0 Å². The summed E-state index contributed by atoms with van der Waals surface area (Å²) in [6, 6.07) is 11.7. The molecule has 2 aromatic rings. The van der Waals surface area contributed by atoms with Crippen LogP contribution in [0.5, 0.6) is 5.75 Å². The summed E-state index contributed by atoms with van der Waals surface area (Å²) < 4.78 is 5.68. The van der Waals surface area contributed by atoms with E-state index < -0.39 is 0 Å². The summed E-state index contributed by atoms with van der Waals surface area (Å²) in [5.74, 6) is 0.883. The lowest BCUT2D eigenvalue weighted by Gasteiger charge is -2.14. The molecule has 0 bridgehead atoms. The Morgan fingerprint density at radius 2 is 1.90 bits per heavy atom. The molecule has 0 saturated carbocycles. The Bertz CT molecular complexity index is 626. The first kappa shape index (κ1) is 16.0. The number of nitrogens with one attached hydrogen (secondary N) is 1. The molecule has 2 aromatic carbocycles. The van der Waals surface area contributed by atoms with Crippen molar-refractivity contribution in [2.45, 2.75) is 33.4 Å². The van der Waals surface area contributed by atoms with Crippen LogP contribution in [0.25, 0.3) is 0 Å². The maximum Gasteiger partial charge on any atom is 0.120 e. The van der Waals surface area contributed by atoms with Gasteiger partial charge in [-0.15, -0.1) is 0 Å². The van der Waals surface area contributed by atoms with Gasteiger partial charge in [0.05, 0.1) is 16.1 Å². The normalized spacial score (nSPS) is 10.8. The summed E-state index contributed by atoms with van der Waals surface area (Å²) in [4.78, 5) is 0. The standard InChI is InChI=1S/C17H19Cl2NO/c1-11(2)21-14-7-8-16(12(3)9-14)20-10-13-5-4-6-15(18)17(13)19/h4-9,11,20H,10H2,1-3H3. The third-order valence-corrected chi connectivity index (χ3v) is 3.93. The molecule has 2 nitrogen and oxygen atoms in total. The van der Waals surface area contributed by atoms with Crippen molar-refractivity contribution in [1.82, 2.24) is 0 Å². The molecule has 112 valence electrons. The molecule has 0 saturated heterocycles. The van der Waals surface area contributed by atoms with Crippen LogP contribution in [0.4, 0.5) is 5.69 Å². The molecule has 0 spiro atoms. The zero-order chi connectivity index (χ0) is 15.4. The number of rotatable bonds is 5. The van der Waals surface area contributed by atoms with Gasteiger partial charge in [-0.1, -0.05) is 35.3 Å². The van der Waals surface area contributed by atoms with E-state index in [0.29, 0.717) is 16.6 Å². The van der Waals surface area contributed by atoms with Gasteiger partial charge in [0.15, 0.2) is 0 Å². The predicted molar refractivity (Wildman–Crippen MR) is 90.7 cm³/mol. The Labute approximate surface area is 136 Å². The molecular weight excluding hydrogens is 305 g/mol. The summed E-state index contributed by atoms with van der Waals surface area (Å²) in [6.07, 6.45) is 0.175. The largest absolute Gasteiger partial charge is 0.491 e. The Morgan fingerprint density at radius 1 is 1.14 bits per heavy atom. The zero-order valence-corrected chi connectivity index (χ0v) is 13.9. The number of halogens is 2. The van der Waals surface area contributed by atoms with Crippen molar-refractivity contribution in [1.29, 1.82) is 0 Å². The molecule has 0 fully saturated rings. The number of hydrogen-bond acceptors (Lipinski definition) is 2. The van der Waals surface area contributed by atoms with Crippen LogP contribution >= 0.6 is 23.2 Å². The lowest BCUT2D eigenvalue weighted by atomic mass is 10.1. The Kier molecular flexibility index (Phi) is 5.38. The van der Waals surface area contributed by atoms with Crippen molar-refractivity contribution >= 4 is 28.9 Å². The molecular formula is C17H19Cl2NO. The summed E-state index contributed by atoms with van der Waals surface area (Å²) >= 11 is 12.2. The maximum absolute atomic E-state index is 6.19. The number of anilines is 1. The average Bonchev–Trinajstić information content (AvgIpc) is 2.41. The molecule has 0 aliphatic rings. The molecule has 0 heterocycles. The molecule has 0 radical (unpaired) electrons. The lowest BCUT2D eigenvalue weighted by Crippen LogP contribution is -2.06. The van der Waals surface area contributed by atoms with Crippen molar-refractivity contribution in [3.63, 3.8) is 0 Å². The van der Waals surface area contributed by atoms with Gasteiger partial charge in [-0.2, -0.15) is 0 Å². The van der Waals surface area contributed by atoms with Crippen molar-refractivity contribution in [3.05, 3.63) is 57.6 Å². The Morgan fingerprint density at radius 3 is 2.57 bits per heavy atom. The molecule has 1 N–H and O–H groups in total. The Hall–Kier alpha value is -1.38. The first-order valence-electron chi connectivity index (χ1n) is 6.91. The molecule has 0 aliphatic carbocycles. The summed E-state index contributed by atoms with van der Waals surface area (Å²) in [6.45, 7) is 6.71. The molecule has 0 atom stereocenters. The number of ether oxygens (including phenoxy) is 1. The molecule has 0 unspecified atom stereocenters. The smallest absolute Gasteiger partial charge is 0.120 e. The minimum Gasteiger partial charge on any atom is -0.491 e. The highest BCUT2D eigenvalue weighted by Crippen LogP contribution is 2.27. The lowest BCUT2D eigenvalue weighted by molar-refractivity contribution is 0.242. The van der Waals surface area contributed by atoms with Crippen LogP contribution in [0.2, 0.25) is 10.0 Å². The van der Waals surface area contributed by atoms with Gasteiger partial charge in [0, 0.05) is 12.2 Å². The van der Waals surface area contributed by atoms with E-state index in [1.807, 2.05) is 44.2 Å². The van der Waals surface area contributed by atoms with Gasteiger partial charge in [0.2, 0.25) is 0 Å². The fourth-order valence-corrected chi connectivity index (χ4v) is 2.44. The number of aryl methyl sites for hydroxylation is 1. The third-order valence-electron chi connectivity index (χ3n) is 3.07. The topological polar surface area (TPSA) is 21.3 Å². The summed E-state index contributed by atoms with van der Waals surface area (Å²) in [5, 5.41) is 4.56. The molecule has 4 heteroatoms. The quantitative estimate of drug-likeness (QED) is 0.761. The second-order valence-corrected chi connectivity index (χ2v) is 5.99. The fourth-order valence-electron chi connectivity index (χ4n) is 2.06. The minimum absolute atomic E-state index is 0.175. The van der Waals surface area contributed by atoms with Crippen molar-refractivity contribution < 1.29 is 4.74 Å². The molecule has 0 aliphatic heterocycles. The SMILES string of the molecule is Cc1cc(OC(C)C)ccc1NCc1cccc(Cl)c1Cl. The Balaban J connectivity index is 2.08. The molecule has 21 heavy (non-hydrogen) atoms. The first-order chi connectivity index (χ1) is 9.97. The highest BCUT2D eigenvalue weighted by molar-refractivity contribution is 6.42. The van der Waals surface area contributed by atoms with Crippen LogP contribution in [0.15, 0.2) is 36.4 Å². The van der Waals surface area contributed by atoms with Gasteiger partial charge in [-0.25, -0.2) is 0 Å². The van der Waals surface area contributed by atoms with E-state index in [1.54, 1.807) is 6.07 Å². The zero-order valence-electron chi connectivity index (χ0n) is 12.4. The van der Waals surface area contributed by atoms with Gasteiger partial charge in [0.25, 0.3) is 0 Å². The van der Waals surface area contributed by atoms with Gasteiger partial charge in [0.1, 0.15) is 5.75 Å². The van der Waals surface area contributed by atoms with E-state index in [1.165, 1.54) is 0 Å². The summed E-state index contributed by atoms with van der Waals surface area (Å²) in [7, 11) is 0. The van der Waals surface area contributed by atoms with Crippen LogP contribution in [-0.4, -0.2) is 6.10 Å². The van der Waals surface area contributed by atoms with E-state index >= 15 is 0 Å². The highest BCUT2D eigenvalue weighted by Gasteiger charge is 2.06. The monoisotopic (exact) mass is 323 g/mol. The van der Waals surface area contributed by atoms with Gasteiger partial charge < -0.3 is 10.1 Å². The van der Waals surface area contributed by atoms with E-state index in [2.05, 4.69) is 12.2 Å². The highest BCUT2D eigenvalue weighted by atomic mass is 35.5. The van der Waals surface area contributed by atoms with Crippen LogP contribution in [-0.2, 0) is 6.54 Å². The fraction of sp³-hybridized carbons (Fsp3) is 0.294. The van der Waals surface area contributed by atoms with Crippen molar-refractivity contribution in [2.75, 3.05) is 5.32 Å². The van der Waals surface area contributed by atoms with Gasteiger partial charge in [-0.05, 0) is 56.2 Å². The number of hydrogen-bond donors (Lipinski definition) is 1. The third kappa shape index (κ3) is 4.29. The van der Waals surface area contributed by atoms with E-state index in [0.717, 1.165) is 22.6 Å². The van der Waals surface area contributed by atoms with Crippen molar-refractivity contribution in [2.24, 2.45) is 0 Å². The van der Waals surface area contributed by atoms with Crippen LogP contribution in [0, 0.1) is 6.92 Å². The van der Waals surface area contributed by atoms with Gasteiger partial charge >= 0.3 is 0 Å². The number of benzene rings is 2. The van der Waals surface area contributed by atoms with Crippen LogP contribution < -0.4 is 10.1 Å². The molecule has 0 aromatic heterocycles. The van der Waals surface area contributed by atoms with E-state index in [9.17, 15) is 0 Å². The van der Waals surface area contributed by atoms with Crippen molar-refractivity contribution in [3.8, 4) is 5.75 Å². The first-order valence-corrected chi connectivity index (χ1v) is 7.67. The minimum atomic E-state index is 0.175. The second kappa shape index (κ2) is 7.06. The second-order valence-electron chi connectivity index (χ2n) is 5.21. The average molecular weight is 324 g/mol. The van der Waals surface area contributed by atoms with Crippen LogP contribution in [0.1, 0.15) is 25.0 Å². The predicted octanol–water partition coefficient (Wildman–Crippen LogP) is 5.70. The maximum atomic E-state index is 6.19.